The zero-order valence-corrected chi connectivity index (χ0v) is 12.2. The highest BCUT2D eigenvalue weighted by Crippen LogP contribution is 2.14. The number of carbonyl (C=O) groups is 2. The average molecular weight is 299 g/mol. The molecule has 1 amide bonds. The van der Waals surface area contributed by atoms with Crippen LogP contribution in [0, 0.1) is 0 Å². The van der Waals surface area contributed by atoms with Crippen LogP contribution in [0.25, 0.3) is 0 Å². The van der Waals surface area contributed by atoms with Gasteiger partial charge in [0, 0.05) is 0 Å². The molecule has 0 aliphatic carbocycles. The Hall–Kier alpha value is -2.82. The molecule has 2 rings (SSSR count). The van der Waals surface area contributed by atoms with E-state index < -0.39 is 17.9 Å². The Morgan fingerprint density at radius 3 is 2.18 bits per heavy atom. The van der Waals surface area contributed by atoms with Crippen LogP contribution < -0.4 is 10.1 Å². The number of esters is 1. The maximum Gasteiger partial charge on any atom is 0.333 e. The number of nitrogens with one attached hydrogen (secondary N) is 1. The van der Waals surface area contributed by atoms with E-state index in [0.717, 1.165) is 0 Å². The van der Waals surface area contributed by atoms with Crippen molar-refractivity contribution in [2.45, 2.75) is 6.04 Å². The third-order valence-electron chi connectivity index (χ3n) is 2.99. The van der Waals surface area contributed by atoms with E-state index in [4.69, 9.17) is 9.47 Å². The first-order valence-corrected chi connectivity index (χ1v) is 6.80. The van der Waals surface area contributed by atoms with Crippen LogP contribution in [0.4, 0.5) is 0 Å². The molecular weight excluding hydrogens is 282 g/mol. The van der Waals surface area contributed by atoms with E-state index in [1.807, 2.05) is 24.3 Å². The van der Waals surface area contributed by atoms with Crippen molar-refractivity contribution in [2.24, 2.45) is 0 Å². The van der Waals surface area contributed by atoms with Gasteiger partial charge in [-0.1, -0.05) is 48.5 Å². The Labute approximate surface area is 128 Å². The van der Waals surface area contributed by atoms with Crippen LogP contribution in [0.1, 0.15) is 11.6 Å². The smallest absolute Gasteiger partial charge is 0.333 e. The Morgan fingerprint density at radius 1 is 1.00 bits per heavy atom. The van der Waals surface area contributed by atoms with Crippen LogP contribution in [0.3, 0.4) is 0 Å². The molecule has 1 N–H and O–H groups in total. The summed E-state index contributed by atoms with van der Waals surface area (Å²) in [6.07, 6.45) is 0. The summed E-state index contributed by atoms with van der Waals surface area (Å²) in [4.78, 5) is 23.8. The Balaban J connectivity index is 1.98. The summed E-state index contributed by atoms with van der Waals surface area (Å²) in [5.74, 6) is -0.339. The number of methoxy groups -OCH3 is 1. The molecule has 0 heterocycles. The number of rotatable bonds is 6. The highest BCUT2D eigenvalue weighted by Gasteiger charge is 2.23. The van der Waals surface area contributed by atoms with Gasteiger partial charge in [-0.15, -0.1) is 0 Å². The zero-order chi connectivity index (χ0) is 15.8. The number of carbonyl (C=O) groups excluding carboxylic acids is 2. The molecule has 0 aliphatic rings. The average Bonchev–Trinajstić information content (AvgIpc) is 2.59. The molecule has 114 valence electrons. The summed E-state index contributed by atoms with van der Waals surface area (Å²) in [5.41, 5.74) is 0.655. The Bertz CT molecular complexity index is 613. The lowest BCUT2D eigenvalue weighted by Gasteiger charge is -2.17. The molecule has 1 unspecified atom stereocenters. The van der Waals surface area contributed by atoms with Crippen LogP contribution in [-0.4, -0.2) is 25.6 Å². The highest BCUT2D eigenvalue weighted by molar-refractivity contribution is 5.86. The molecule has 5 heteroatoms. The molecule has 0 radical (unpaired) electrons. The molecule has 22 heavy (non-hydrogen) atoms. The van der Waals surface area contributed by atoms with E-state index in [2.05, 4.69) is 5.32 Å². The topological polar surface area (TPSA) is 64.6 Å². The van der Waals surface area contributed by atoms with Crippen molar-refractivity contribution < 1.29 is 19.1 Å². The van der Waals surface area contributed by atoms with Crippen LogP contribution in [0.15, 0.2) is 60.7 Å². The fourth-order valence-electron chi connectivity index (χ4n) is 1.91. The summed E-state index contributed by atoms with van der Waals surface area (Å²) >= 11 is 0. The van der Waals surface area contributed by atoms with Gasteiger partial charge in [-0.2, -0.15) is 0 Å². The van der Waals surface area contributed by atoms with Gasteiger partial charge in [0.25, 0.3) is 5.91 Å². The fraction of sp³-hybridized carbons (Fsp3) is 0.176. The van der Waals surface area contributed by atoms with Crippen molar-refractivity contribution in [3.05, 3.63) is 66.2 Å². The summed E-state index contributed by atoms with van der Waals surface area (Å²) in [7, 11) is 1.28. The van der Waals surface area contributed by atoms with Crippen LogP contribution >= 0.6 is 0 Å². The fourth-order valence-corrected chi connectivity index (χ4v) is 1.91. The third kappa shape index (κ3) is 4.34. The molecule has 0 aromatic heterocycles. The van der Waals surface area contributed by atoms with E-state index in [9.17, 15) is 9.59 Å². The first-order valence-electron chi connectivity index (χ1n) is 6.80. The maximum atomic E-state index is 12.0. The number of para-hydroxylation sites is 1. The molecule has 0 fully saturated rings. The quantitative estimate of drug-likeness (QED) is 0.830. The summed E-state index contributed by atoms with van der Waals surface area (Å²) in [6.45, 7) is -0.176. The van der Waals surface area contributed by atoms with Gasteiger partial charge >= 0.3 is 5.97 Å². The number of hydrogen-bond donors (Lipinski definition) is 1. The minimum absolute atomic E-state index is 0.176. The molecule has 0 aliphatic heterocycles. The van der Waals surface area contributed by atoms with E-state index in [1.54, 1.807) is 36.4 Å². The third-order valence-corrected chi connectivity index (χ3v) is 2.99. The predicted molar refractivity (Wildman–Crippen MR) is 81.3 cm³/mol. The van der Waals surface area contributed by atoms with Crippen molar-refractivity contribution in [2.75, 3.05) is 13.7 Å². The monoisotopic (exact) mass is 299 g/mol. The van der Waals surface area contributed by atoms with Gasteiger partial charge in [-0.05, 0) is 17.7 Å². The zero-order valence-electron chi connectivity index (χ0n) is 12.2. The van der Waals surface area contributed by atoms with Gasteiger partial charge in [-0.3, -0.25) is 4.79 Å². The van der Waals surface area contributed by atoms with E-state index >= 15 is 0 Å². The van der Waals surface area contributed by atoms with Crippen molar-refractivity contribution in [1.82, 2.24) is 5.32 Å². The second-order valence-electron chi connectivity index (χ2n) is 4.54. The lowest BCUT2D eigenvalue weighted by atomic mass is 10.1. The van der Waals surface area contributed by atoms with Gasteiger partial charge in [0.05, 0.1) is 7.11 Å². The highest BCUT2D eigenvalue weighted by atomic mass is 16.5. The first-order chi connectivity index (χ1) is 10.7. The SMILES string of the molecule is COC(=O)C(NC(=O)COc1ccccc1)c1ccccc1. The van der Waals surface area contributed by atoms with Gasteiger partial charge in [-0.25, -0.2) is 4.79 Å². The first kappa shape index (κ1) is 15.6. The molecule has 0 saturated carbocycles. The van der Waals surface area contributed by atoms with Gasteiger partial charge in [0.15, 0.2) is 12.6 Å². The molecule has 0 spiro atoms. The second-order valence-corrected chi connectivity index (χ2v) is 4.54. The number of ether oxygens (including phenoxy) is 2. The second kappa shape index (κ2) is 7.83. The molecule has 1 atom stereocenters. The Kier molecular flexibility index (Phi) is 5.54. The van der Waals surface area contributed by atoms with Crippen LogP contribution in [-0.2, 0) is 14.3 Å². The largest absolute Gasteiger partial charge is 0.484 e. The predicted octanol–water partition coefficient (Wildman–Crippen LogP) is 2.10. The summed E-state index contributed by atoms with van der Waals surface area (Å²) in [5, 5.41) is 2.62. The van der Waals surface area contributed by atoms with Gasteiger partial charge in [0.1, 0.15) is 5.75 Å². The minimum atomic E-state index is -0.849. The van der Waals surface area contributed by atoms with E-state index in [1.165, 1.54) is 7.11 Å². The minimum Gasteiger partial charge on any atom is -0.484 e. The lowest BCUT2D eigenvalue weighted by molar-refractivity contribution is -0.145. The van der Waals surface area contributed by atoms with Gasteiger partial charge < -0.3 is 14.8 Å². The molecular formula is C17H17NO4. The van der Waals surface area contributed by atoms with E-state index in [-0.39, 0.29) is 6.61 Å². The normalized spacial score (nSPS) is 11.3. The van der Waals surface area contributed by atoms with Crippen molar-refractivity contribution in [1.29, 1.82) is 0 Å². The summed E-state index contributed by atoms with van der Waals surface area (Å²) < 4.78 is 10.1. The molecule has 2 aromatic rings. The Morgan fingerprint density at radius 2 is 1.59 bits per heavy atom. The van der Waals surface area contributed by atoms with Crippen molar-refractivity contribution in [3.8, 4) is 5.75 Å². The van der Waals surface area contributed by atoms with Crippen LogP contribution in [0.5, 0.6) is 5.75 Å². The number of hydrogen-bond acceptors (Lipinski definition) is 4. The number of amides is 1. The molecule has 0 bridgehead atoms. The van der Waals surface area contributed by atoms with Gasteiger partial charge in [0.2, 0.25) is 0 Å². The maximum absolute atomic E-state index is 12.0. The standard InChI is InChI=1S/C17H17NO4/c1-21-17(20)16(13-8-4-2-5-9-13)18-15(19)12-22-14-10-6-3-7-11-14/h2-11,16H,12H2,1H3,(H,18,19). The van der Waals surface area contributed by atoms with Crippen LogP contribution in [0.2, 0.25) is 0 Å². The molecule has 0 saturated heterocycles. The van der Waals surface area contributed by atoms with Crippen molar-refractivity contribution in [3.63, 3.8) is 0 Å². The lowest BCUT2D eigenvalue weighted by Crippen LogP contribution is -2.37. The summed E-state index contributed by atoms with van der Waals surface area (Å²) in [6, 6.07) is 17.1. The van der Waals surface area contributed by atoms with E-state index in [0.29, 0.717) is 11.3 Å². The number of benzene rings is 2. The molecule has 5 nitrogen and oxygen atoms in total. The van der Waals surface area contributed by atoms with Crippen molar-refractivity contribution >= 4 is 11.9 Å². The molecule has 2 aromatic carbocycles.